The SMILES string of the molecule is Cc1ccc(C2CC(CCN3CCOCC3)=NN2c2ccccc2)o1. The largest absolute Gasteiger partial charge is 0.464 e. The molecule has 0 radical (unpaired) electrons. The summed E-state index contributed by atoms with van der Waals surface area (Å²) in [4.78, 5) is 2.46. The molecule has 0 aliphatic carbocycles. The summed E-state index contributed by atoms with van der Waals surface area (Å²) < 4.78 is 11.4. The summed E-state index contributed by atoms with van der Waals surface area (Å²) in [5.41, 5.74) is 2.36. The van der Waals surface area contributed by atoms with Gasteiger partial charge in [0.2, 0.25) is 0 Å². The van der Waals surface area contributed by atoms with Crippen LogP contribution in [0.2, 0.25) is 0 Å². The van der Waals surface area contributed by atoms with Gasteiger partial charge in [-0.15, -0.1) is 0 Å². The highest BCUT2D eigenvalue weighted by Crippen LogP contribution is 2.36. The predicted octanol–water partition coefficient (Wildman–Crippen LogP) is 3.62. The summed E-state index contributed by atoms with van der Waals surface area (Å²) in [6.07, 6.45) is 1.92. The van der Waals surface area contributed by atoms with Gasteiger partial charge in [-0.25, -0.2) is 0 Å². The van der Waals surface area contributed by atoms with Gasteiger partial charge < -0.3 is 9.15 Å². The van der Waals surface area contributed by atoms with E-state index in [-0.39, 0.29) is 6.04 Å². The molecule has 4 rings (SSSR count). The van der Waals surface area contributed by atoms with Crippen molar-refractivity contribution in [3.8, 4) is 0 Å². The second-order valence-corrected chi connectivity index (χ2v) is 6.72. The summed E-state index contributed by atoms with van der Waals surface area (Å²) in [5.74, 6) is 1.94. The normalized spacial score (nSPS) is 21.6. The van der Waals surface area contributed by atoms with Gasteiger partial charge >= 0.3 is 0 Å². The summed E-state index contributed by atoms with van der Waals surface area (Å²) in [5, 5.41) is 7.06. The Morgan fingerprint density at radius 1 is 1.08 bits per heavy atom. The zero-order valence-corrected chi connectivity index (χ0v) is 14.7. The molecule has 1 fully saturated rings. The minimum atomic E-state index is 0.149. The van der Waals surface area contributed by atoms with Crippen LogP contribution >= 0.6 is 0 Å². The standard InChI is InChI=1S/C20H25N3O2/c1-16-7-8-20(25-16)19-15-17(9-10-22-11-13-24-14-12-22)21-23(19)18-5-3-2-4-6-18/h2-8,19H,9-15H2,1H3. The van der Waals surface area contributed by atoms with Gasteiger partial charge in [0.1, 0.15) is 17.6 Å². The zero-order chi connectivity index (χ0) is 17.1. The maximum Gasteiger partial charge on any atom is 0.129 e. The van der Waals surface area contributed by atoms with Crippen LogP contribution in [0.4, 0.5) is 5.69 Å². The summed E-state index contributed by atoms with van der Waals surface area (Å²) >= 11 is 0. The number of rotatable bonds is 5. The highest BCUT2D eigenvalue weighted by atomic mass is 16.5. The van der Waals surface area contributed by atoms with Gasteiger partial charge in [-0.1, -0.05) is 18.2 Å². The van der Waals surface area contributed by atoms with E-state index in [4.69, 9.17) is 14.3 Å². The Morgan fingerprint density at radius 3 is 2.60 bits per heavy atom. The second-order valence-electron chi connectivity index (χ2n) is 6.72. The fourth-order valence-corrected chi connectivity index (χ4v) is 3.51. The van der Waals surface area contributed by atoms with Crippen molar-refractivity contribution in [3.63, 3.8) is 0 Å². The molecule has 2 aliphatic rings. The first-order chi connectivity index (χ1) is 12.3. The van der Waals surface area contributed by atoms with Gasteiger partial charge in [0, 0.05) is 38.2 Å². The molecular weight excluding hydrogens is 314 g/mol. The van der Waals surface area contributed by atoms with Crippen molar-refractivity contribution in [1.82, 2.24) is 4.90 Å². The number of nitrogens with zero attached hydrogens (tertiary/aromatic N) is 3. The van der Waals surface area contributed by atoms with E-state index < -0.39 is 0 Å². The van der Waals surface area contributed by atoms with Gasteiger partial charge in [0.15, 0.2) is 0 Å². The summed E-state index contributed by atoms with van der Waals surface area (Å²) in [7, 11) is 0. The number of hydrogen-bond donors (Lipinski definition) is 0. The maximum absolute atomic E-state index is 5.92. The number of aryl methyl sites for hydroxylation is 1. The summed E-state index contributed by atoms with van der Waals surface area (Å²) in [6, 6.07) is 14.6. The van der Waals surface area contributed by atoms with Crippen molar-refractivity contribution in [2.24, 2.45) is 5.10 Å². The van der Waals surface area contributed by atoms with Crippen LogP contribution in [0.5, 0.6) is 0 Å². The Balaban J connectivity index is 1.50. The molecule has 1 aromatic carbocycles. The number of ether oxygens (including phenoxy) is 1. The third-order valence-corrected chi connectivity index (χ3v) is 4.90. The van der Waals surface area contributed by atoms with Crippen molar-refractivity contribution in [2.45, 2.75) is 25.8 Å². The van der Waals surface area contributed by atoms with Crippen LogP contribution in [0.1, 0.15) is 30.4 Å². The van der Waals surface area contributed by atoms with Crippen LogP contribution in [-0.2, 0) is 4.74 Å². The lowest BCUT2D eigenvalue weighted by atomic mass is 10.1. The van der Waals surface area contributed by atoms with Crippen molar-refractivity contribution in [2.75, 3.05) is 37.9 Å². The van der Waals surface area contributed by atoms with Crippen molar-refractivity contribution < 1.29 is 9.15 Å². The molecule has 3 heterocycles. The second kappa shape index (κ2) is 7.42. The first-order valence-corrected chi connectivity index (χ1v) is 9.07. The first kappa shape index (κ1) is 16.4. The van der Waals surface area contributed by atoms with Crippen LogP contribution in [0.15, 0.2) is 52.0 Å². The molecule has 132 valence electrons. The van der Waals surface area contributed by atoms with Crippen molar-refractivity contribution in [3.05, 3.63) is 54.0 Å². The lowest BCUT2D eigenvalue weighted by molar-refractivity contribution is 0.0392. The maximum atomic E-state index is 5.92. The van der Waals surface area contributed by atoms with E-state index in [1.165, 1.54) is 5.71 Å². The number of para-hydroxylation sites is 1. The Kier molecular flexibility index (Phi) is 4.85. The molecule has 0 spiro atoms. The molecule has 1 aromatic heterocycles. The molecule has 2 aliphatic heterocycles. The highest BCUT2D eigenvalue weighted by Gasteiger charge is 2.31. The lowest BCUT2D eigenvalue weighted by Crippen LogP contribution is -2.37. The summed E-state index contributed by atoms with van der Waals surface area (Å²) in [6.45, 7) is 6.78. The molecule has 0 N–H and O–H groups in total. The van der Waals surface area contributed by atoms with Crippen LogP contribution in [0.25, 0.3) is 0 Å². The van der Waals surface area contributed by atoms with E-state index in [0.29, 0.717) is 0 Å². The minimum absolute atomic E-state index is 0.149. The predicted molar refractivity (Wildman–Crippen MR) is 99.0 cm³/mol. The van der Waals surface area contributed by atoms with Crippen LogP contribution in [0, 0.1) is 6.92 Å². The number of benzene rings is 1. The molecule has 0 amide bonds. The van der Waals surface area contributed by atoms with Gasteiger partial charge in [0.05, 0.1) is 18.9 Å². The molecule has 5 heteroatoms. The van der Waals surface area contributed by atoms with Crippen LogP contribution in [0.3, 0.4) is 0 Å². The molecule has 1 atom stereocenters. The number of furan rings is 1. The fraction of sp³-hybridized carbons (Fsp3) is 0.450. The van der Waals surface area contributed by atoms with Gasteiger partial charge in [-0.2, -0.15) is 5.10 Å². The number of hydrazone groups is 1. The first-order valence-electron chi connectivity index (χ1n) is 9.07. The highest BCUT2D eigenvalue weighted by molar-refractivity contribution is 5.89. The number of hydrogen-bond acceptors (Lipinski definition) is 5. The van der Waals surface area contributed by atoms with E-state index >= 15 is 0 Å². The minimum Gasteiger partial charge on any atom is -0.464 e. The number of anilines is 1. The Labute approximate surface area is 148 Å². The number of morpholine rings is 1. The topological polar surface area (TPSA) is 41.2 Å². The Bertz CT molecular complexity index is 720. The van der Waals surface area contributed by atoms with E-state index in [9.17, 15) is 0 Å². The van der Waals surface area contributed by atoms with Crippen LogP contribution < -0.4 is 5.01 Å². The molecular formula is C20H25N3O2. The molecule has 25 heavy (non-hydrogen) atoms. The molecule has 0 bridgehead atoms. The molecule has 1 saturated heterocycles. The van der Waals surface area contributed by atoms with E-state index in [1.54, 1.807) is 0 Å². The van der Waals surface area contributed by atoms with Crippen LogP contribution in [-0.4, -0.2) is 43.5 Å². The van der Waals surface area contributed by atoms with E-state index in [0.717, 1.165) is 62.9 Å². The van der Waals surface area contributed by atoms with Crippen molar-refractivity contribution in [1.29, 1.82) is 0 Å². The van der Waals surface area contributed by atoms with Gasteiger partial charge in [-0.3, -0.25) is 9.91 Å². The van der Waals surface area contributed by atoms with E-state index in [2.05, 4.69) is 40.2 Å². The third kappa shape index (κ3) is 3.78. The average Bonchev–Trinajstić information content (AvgIpc) is 3.28. The Morgan fingerprint density at radius 2 is 1.88 bits per heavy atom. The molecule has 5 nitrogen and oxygen atoms in total. The lowest BCUT2D eigenvalue weighted by Gasteiger charge is -2.26. The van der Waals surface area contributed by atoms with Gasteiger partial charge in [-0.05, 0) is 31.2 Å². The Hall–Kier alpha value is -2.11. The monoisotopic (exact) mass is 339 g/mol. The fourth-order valence-electron chi connectivity index (χ4n) is 3.51. The average molecular weight is 339 g/mol. The molecule has 0 saturated carbocycles. The van der Waals surface area contributed by atoms with Crippen molar-refractivity contribution >= 4 is 11.4 Å². The third-order valence-electron chi connectivity index (χ3n) is 4.90. The quantitative estimate of drug-likeness (QED) is 0.834. The molecule has 1 unspecified atom stereocenters. The zero-order valence-electron chi connectivity index (χ0n) is 14.7. The molecule has 2 aromatic rings. The van der Waals surface area contributed by atoms with Gasteiger partial charge in [0.25, 0.3) is 0 Å². The van der Waals surface area contributed by atoms with E-state index in [1.807, 2.05) is 19.1 Å². The smallest absolute Gasteiger partial charge is 0.129 e.